The van der Waals surface area contributed by atoms with E-state index in [1.807, 2.05) is 24.3 Å². The van der Waals surface area contributed by atoms with Crippen molar-refractivity contribution in [3.8, 4) is 17.2 Å². The molecule has 0 aliphatic heterocycles. The molecule has 2 N–H and O–H groups in total. The number of alkyl carbamates (subject to hydrolysis) is 1. The first-order valence-electron chi connectivity index (χ1n) is 10.3. The quantitative estimate of drug-likeness (QED) is 0.402. The second-order valence-corrected chi connectivity index (χ2v) is 7.60. The predicted octanol–water partition coefficient (Wildman–Crippen LogP) is 5.03. The molecule has 0 aliphatic rings. The Morgan fingerprint density at radius 1 is 1.06 bits per heavy atom. The van der Waals surface area contributed by atoms with Crippen LogP contribution < -0.4 is 5.32 Å². The van der Waals surface area contributed by atoms with Crippen LogP contribution in [0.25, 0.3) is 22.1 Å². The summed E-state index contributed by atoms with van der Waals surface area (Å²) in [6.45, 7) is -0.192. The van der Waals surface area contributed by atoms with Crippen molar-refractivity contribution in [3.05, 3.63) is 95.5 Å². The van der Waals surface area contributed by atoms with Crippen LogP contribution in [-0.4, -0.2) is 23.2 Å². The lowest BCUT2D eigenvalue weighted by Crippen LogP contribution is -2.42. The Kier molecular flexibility index (Phi) is 6.55. The van der Waals surface area contributed by atoms with E-state index in [0.717, 1.165) is 16.5 Å². The highest BCUT2D eigenvalue weighted by atomic mass is 19.1. The van der Waals surface area contributed by atoms with E-state index in [-0.39, 0.29) is 13.0 Å². The number of benzene rings is 3. The monoisotopic (exact) mass is 458 g/mol. The van der Waals surface area contributed by atoms with Gasteiger partial charge in [-0.25, -0.2) is 14.0 Å². The molecule has 4 aromatic rings. The van der Waals surface area contributed by atoms with Crippen LogP contribution in [-0.2, 0) is 22.6 Å². The fourth-order valence-corrected chi connectivity index (χ4v) is 3.49. The minimum Gasteiger partial charge on any atom is -0.480 e. The maximum atomic E-state index is 13.0. The van der Waals surface area contributed by atoms with E-state index in [0.29, 0.717) is 22.5 Å². The molecule has 0 spiro atoms. The third-order valence-electron chi connectivity index (χ3n) is 5.18. The number of amides is 1. The topological polar surface area (TPSA) is 113 Å². The summed E-state index contributed by atoms with van der Waals surface area (Å²) in [4.78, 5) is 23.7. The average molecular weight is 458 g/mol. The lowest BCUT2D eigenvalue weighted by molar-refractivity contribution is -0.139. The van der Waals surface area contributed by atoms with Crippen molar-refractivity contribution in [3.63, 3.8) is 0 Å². The van der Waals surface area contributed by atoms with E-state index < -0.39 is 23.9 Å². The third kappa shape index (κ3) is 5.40. The molecule has 0 aliphatic carbocycles. The number of fused-ring (bicyclic) bond motifs is 1. The molecule has 0 saturated carbocycles. The van der Waals surface area contributed by atoms with Crippen molar-refractivity contribution < 1.29 is 28.2 Å². The molecule has 1 atom stereocenters. The van der Waals surface area contributed by atoms with Crippen LogP contribution in [0.4, 0.5) is 9.18 Å². The SMILES string of the molecule is N#Cc1cccc(-c2ccc3oc(COC(=O)N[C@H](Cc4ccc(F)cc4)C(=O)O)cc3c2)c1. The number of carbonyl (C=O) groups excluding carboxylic acids is 1. The summed E-state index contributed by atoms with van der Waals surface area (Å²) in [5.41, 5.74) is 3.51. The van der Waals surface area contributed by atoms with E-state index in [1.165, 1.54) is 24.3 Å². The zero-order valence-corrected chi connectivity index (χ0v) is 17.8. The van der Waals surface area contributed by atoms with Crippen LogP contribution in [0.3, 0.4) is 0 Å². The van der Waals surface area contributed by atoms with Gasteiger partial charge in [-0.1, -0.05) is 30.3 Å². The van der Waals surface area contributed by atoms with Crippen molar-refractivity contribution in [2.75, 3.05) is 0 Å². The molecule has 0 fully saturated rings. The lowest BCUT2D eigenvalue weighted by Gasteiger charge is -2.14. The van der Waals surface area contributed by atoms with Crippen molar-refractivity contribution in [1.29, 1.82) is 5.26 Å². The summed E-state index contributed by atoms with van der Waals surface area (Å²) in [5, 5.41) is 21.6. The Balaban J connectivity index is 1.40. The number of nitriles is 1. The van der Waals surface area contributed by atoms with Crippen LogP contribution in [0, 0.1) is 17.1 Å². The standard InChI is InChI=1S/C26H19FN2O5/c27-21-7-4-16(5-8-21)11-23(25(30)31)29-26(32)33-15-22-13-20-12-19(6-9-24(20)34-22)18-3-1-2-17(10-18)14-28/h1-10,12-13,23H,11,15H2,(H,29,32)(H,30,31)/t23-/m1/s1. The molecular formula is C26H19FN2O5. The number of rotatable bonds is 7. The summed E-state index contributed by atoms with van der Waals surface area (Å²) in [6.07, 6.45) is -0.936. The fraction of sp³-hybridized carbons (Fsp3) is 0.115. The number of nitrogens with zero attached hydrogens (tertiary/aromatic N) is 1. The molecule has 1 amide bonds. The highest BCUT2D eigenvalue weighted by molar-refractivity contribution is 5.84. The Morgan fingerprint density at radius 2 is 1.82 bits per heavy atom. The van der Waals surface area contributed by atoms with Gasteiger partial charge in [-0.2, -0.15) is 5.26 Å². The van der Waals surface area contributed by atoms with E-state index in [2.05, 4.69) is 11.4 Å². The van der Waals surface area contributed by atoms with Crippen molar-refractivity contribution in [1.82, 2.24) is 5.32 Å². The van der Waals surface area contributed by atoms with Crippen molar-refractivity contribution in [2.45, 2.75) is 19.1 Å². The second-order valence-electron chi connectivity index (χ2n) is 7.60. The van der Waals surface area contributed by atoms with Gasteiger partial charge in [-0.15, -0.1) is 0 Å². The molecule has 4 rings (SSSR count). The van der Waals surface area contributed by atoms with E-state index in [1.54, 1.807) is 24.3 Å². The molecule has 3 aromatic carbocycles. The molecule has 1 heterocycles. The number of furan rings is 1. The van der Waals surface area contributed by atoms with Gasteiger partial charge < -0.3 is 19.6 Å². The molecule has 170 valence electrons. The zero-order chi connectivity index (χ0) is 24.1. The minimum absolute atomic E-state index is 0.0227. The highest BCUT2D eigenvalue weighted by Gasteiger charge is 2.21. The van der Waals surface area contributed by atoms with Crippen molar-refractivity contribution >= 4 is 23.0 Å². The first-order chi connectivity index (χ1) is 16.4. The second kappa shape index (κ2) is 9.88. The van der Waals surface area contributed by atoms with Gasteiger partial charge in [0, 0.05) is 11.8 Å². The summed E-state index contributed by atoms with van der Waals surface area (Å²) >= 11 is 0. The number of hydrogen-bond acceptors (Lipinski definition) is 5. The molecule has 7 nitrogen and oxygen atoms in total. The van der Waals surface area contributed by atoms with Gasteiger partial charge in [-0.05, 0) is 59.2 Å². The molecule has 0 unspecified atom stereocenters. The largest absolute Gasteiger partial charge is 0.480 e. The molecule has 0 radical (unpaired) electrons. The normalized spacial score (nSPS) is 11.5. The Morgan fingerprint density at radius 3 is 2.56 bits per heavy atom. The van der Waals surface area contributed by atoms with Crippen LogP contribution >= 0.6 is 0 Å². The van der Waals surface area contributed by atoms with Gasteiger partial charge in [0.2, 0.25) is 0 Å². The van der Waals surface area contributed by atoms with E-state index >= 15 is 0 Å². The number of carboxylic acid groups (broad SMARTS) is 1. The molecule has 34 heavy (non-hydrogen) atoms. The maximum Gasteiger partial charge on any atom is 0.408 e. The molecule has 8 heteroatoms. The maximum absolute atomic E-state index is 13.0. The number of aliphatic carboxylic acids is 1. The molecule has 0 bridgehead atoms. The molecular weight excluding hydrogens is 439 g/mol. The van der Waals surface area contributed by atoms with Crippen LogP contribution in [0.2, 0.25) is 0 Å². The summed E-state index contributed by atoms with van der Waals surface area (Å²) < 4.78 is 23.9. The van der Waals surface area contributed by atoms with E-state index in [4.69, 9.17) is 14.4 Å². The first kappa shape index (κ1) is 22.6. The number of hydrogen-bond donors (Lipinski definition) is 2. The first-order valence-corrected chi connectivity index (χ1v) is 10.3. The number of carboxylic acids is 1. The van der Waals surface area contributed by atoms with Gasteiger partial charge >= 0.3 is 12.1 Å². The zero-order valence-electron chi connectivity index (χ0n) is 17.8. The minimum atomic E-state index is -1.24. The lowest BCUT2D eigenvalue weighted by atomic mass is 10.0. The van der Waals surface area contributed by atoms with Gasteiger partial charge in [-0.3, -0.25) is 0 Å². The van der Waals surface area contributed by atoms with Gasteiger partial charge in [0.15, 0.2) is 6.61 Å². The van der Waals surface area contributed by atoms with Gasteiger partial charge in [0.1, 0.15) is 23.2 Å². The summed E-state index contributed by atoms with van der Waals surface area (Å²) in [7, 11) is 0. The average Bonchev–Trinajstić information content (AvgIpc) is 3.26. The smallest absolute Gasteiger partial charge is 0.408 e. The number of carbonyl (C=O) groups is 2. The Hall–Kier alpha value is -4.64. The Labute approximate surface area is 194 Å². The number of halogens is 1. The number of ether oxygens (including phenoxy) is 1. The third-order valence-corrected chi connectivity index (χ3v) is 5.18. The van der Waals surface area contributed by atoms with Crippen LogP contribution in [0.1, 0.15) is 16.9 Å². The van der Waals surface area contributed by atoms with Crippen molar-refractivity contribution in [2.24, 2.45) is 0 Å². The van der Waals surface area contributed by atoms with Gasteiger partial charge in [0.05, 0.1) is 11.6 Å². The molecule has 0 saturated heterocycles. The van der Waals surface area contributed by atoms with Gasteiger partial charge in [0.25, 0.3) is 0 Å². The summed E-state index contributed by atoms with van der Waals surface area (Å²) in [6, 6.07) is 20.8. The molecule has 1 aromatic heterocycles. The van der Waals surface area contributed by atoms with E-state index in [9.17, 15) is 19.1 Å². The highest BCUT2D eigenvalue weighted by Crippen LogP contribution is 2.27. The Bertz CT molecular complexity index is 1390. The number of nitrogens with one attached hydrogen (secondary N) is 1. The summed E-state index contributed by atoms with van der Waals surface area (Å²) in [5.74, 6) is -1.28. The van der Waals surface area contributed by atoms with Crippen LogP contribution in [0.15, 0.2) is 77.2 Å². The predicted molar refractivity (Wildman–Crippen MR) is 121 cm³/mol. The van der Waals surface area contributed by atoms with Crippen LogP contribution in [0.5, 0.6) is 0 Å². The fourth-order valence-electron chi connectivity index (χ4n) is 3.49.